The fourth-order valence-electron chi connectivity index (χ4n) is 3.39. The monoisotopic (exact) mass is 356 g/mol. The maximum Gasteiger partial charge on any atom is 0.157 e. The van der Waals surface area contributed by atoms with E-state index in [1.54, 1.807) is 7.11 Å². The van der Waals surface area contributed by atoms with E-state index in [1.165, 1.54) is 0 Å². The molecular weight excluding hydrogens is 336 g/mol. The van der Waals surface area contributed by atoms with E-state index in [0.29, 0.717) is 11.2 Å². The number of rotatable bonds is 5. The predicted octanol–water partition coefficient (Wildman–Crippen LogP) is 5.06. The molecule has 0 aliphatic rings. The zero-order valence-corrected chi connectivity index (χ0v) is 15.4. The number of pyridine rings is 1. The summed E-state index contributed by atoms with van der Waals surface area (Å²) < 4.78 is 7.26. The number of benzene rings is 2. The zero-order valence-electron chi connectivity index (χ0n) is 15.4. The number of fused-ring (bicyclic) bond motifs is 3. The molecule has 1 N–H and O–H groups in total. The first-order chi connectivity index (χ1) is 13.2. The summed E-state index contributed by atoms with van der Waals surface area (Å²) in [5, 5.41) is 13.3. The lowest BCUT2D eigenvalue weighted by Crippen LogP contribution is -2.03. The van der Waals surface area contributed by atoms with Gasteiger partial charge in [0.25, 0.3) is 0 Å². The summed E-state index contributed by atoms with van der Waals surface area (Å²) >= 11 is 0. The third kappa shape index (κ3) is 2.96. The summed E-state index contributed by atoms with van der Waals surface area (Å²) in [7, 11) is 1.65. The van der Waals surface area contributed by atoms with Gasteiger partial charge in [0.05, 0.1) is 23.7 Å². The van der Waals surface area contributed by atoms with Gasteiger partial charge in [0, 0.05) is 5.69 Å². The van der Waals surface area contributed by atoms with Crippen LogP contribution in [0.3, 0.4) is 0 Å². The van der Waals surface area contributed by atoms with Crippen molar-refractivity contribution in [1.29, 1.82) is 5.26 Å². The number of aryl methyl sites for hydroxylation is 1. The zero-order chi connectivity index (χ0) is 18.8. The van der Waals surface area contributed by atoms with Gasteiger partial charge in [-0.15, -0.1) is 0 Å². The average Bonchev–Trinajstić information content (AvgIpc) is 3.08. The minimum atomic E-state index is 0.647. The van der Waals surface area contributed by atoms with E-state index >= 15 is 0 Å². The highest BCUT2D eigenvalue weighted by Crippen LogP contribution is 2.29. The number of ether oxygens (including phenoxy) is 1. The van der Waals surface area contributed by atoms with Crippen LogP contribution in [0.15, 0.2) is 54.6 Å². The lowest BCUT2D eigenvalue weighted by atomic mass is 10.1. The smallest absolute Gasteiger partial charge is 0.157 e. The van der Waals surface area contributed by atoms with Crippen molar-refractivity contribution in [2.45, 2.75) is 19.8 Å². The Balaban J connectivity index is 1.95. The quantitative estimate of drug-likeness (QED) is 0.543. The highest BCUT2D eigenvalue weighted by molar-refractivity contribution is 5.85. The molecule has 5 nitrogen and oxygen atoms in total. The van der Waals surface area contributed by atoms with E-state index in [9.17, 15) is 5.26 Å². The molecule has 0 atom stereocenters. The number of imidazole rings is 1. The molecule has 4 rings (SSSR count). The van der Waals surface area contributed by atoms with Gasteiger partial charge < -0.3 is 10.1 Å². The normalized spacial score (nSPS) is 10.9. The second-order valence-electron chi connectivity index (χ2n) is 6.40. The minimum Gasteiger partial charge on any atom is -0.497 e. The molecule has 0 bridgehead atoms. The number of para-hydroxylation sites is 2. The number of aromatic nitrogens is 2. The molecule has 27 heavy (non-hydrogen) atoms. The summed E-state index contributed by atoms with van der Waals surface area (Å²) in [5.74, 6) is 1.71. The fraction of sp³-hybridized carbons (Fsp3) is 0.182. The van der Waals surface area contributed by atoms with Crippen LogP contribution in [0.2, 0.25) is 0 Å². The topological polar surface area (TPSA) is 62.4 Å². The number of methoxy groups -OCH3 is 1. The van der Waals surface area contributed by atoms with Crippen LogP contribution >= 0.6 is 0 Å². The molecule has 0 unspecified atom stereocenters. The van der Waals surface area contributed by atoms with Crippen LogP contribution in [0.4, 0.5) is 11.5 Å². The first kappa shape index (κ1) is 16.9. The van der Waals surface area contributed by atoms with Gasteiger partial charge in [0.15, 0.2) is 5.65 Å². The van der Waals surface area contributed by atoms with Gasteiger partial charge >= 0.3 is 0 Å². The molecule has 0 aliphatic heterocycles. The van der Waals surface area contributed by atoms with Crippen molar-refractivity contribution in [3.8, 4) is 11.8 Å². The summed E-state index contributed by atoms with van der Waals surface area (Å²) in [6.45, 7) is 2.12. The highest BCUT2D eigenvalue weighted by Gasteiger charge is 2.16. The van der Waals surface area contributed by atoms with Gasteiger partial charge in [-0.1, -0.05) is 25.5 Å². The van der Waals surface area contributed by atoms with Gasteiger partial charge in [0.1, 0.15) is 17.6 Å². The third-order valence-corrected chi connectivity index (χ3v) is 4.65. The van der Waals surface area contributed by atoms with Crippen molar-refractivity contribution in [3.63, 3.8) is 0 Å². The van der Waals surface area contributed by atoms with E-state index < -0.39 is 0 Å². The van der Waals surface area contributed by atoms with Crippen LogP contribution in [0.1, 0.15) is 24.5 Å². The molecule has 0 saturated carbocycles. The number of nitrogens with zero attached hydrogens (tertiary/aromatic N) is 3. The van der Waals surface area contributed by atoms with Gasteiger partial charge in [-0.25, -0.2) is 4.98 Å². The third-order valence-electron chi connectivity index (χ3n) is 4.65. The summed E-state index contributed by atoms with van der Waals surface area (Å²) in [5.41, 5.74) is 5.15. The number of nitrogens with one attached hydrogen (secondary N) is 1. The number of hydrogen-bond donors (Lipinski definition) is 1. The molecule has 0 amide bonds. The van der Waals surface area contributed by atoms with E-state index in [-0.39, 0.29) is 0 Å². The summed E-state index contributed by atoms with van der Waals surface area (Å²) in [6, 6.07) is 20.2. The molecule has 0 radical (unpaired) electrons. The van der Waals surface area contributed by atoms with Crippen LogP contribution in [-0.2, 0) is 6.42 Å². The van der Waals surface area contributed by atoms with Crippen molar-refractivity contribution in [3.05, 3.63) is 65.7 Å². The maximum atomic E-state index is 9.77. The van der Waals surface area contributed by atoms with Crippen molar-refractivity contribution in [2.75, 3.05) is 12.4 Å². The van der Waals surface area contributed by atoms with Gasteiger partial charge in [-0.3, -0.25) is 4.40 Å². The van der Waals surface area contributed by atoms with Crippen molar-refractivity contribution in [1.82, 2.24) is 9.38 Å². The maximum absolute atomic E-state index is 9.77. The second-order valence-corrected chi connectivity index (χ2v) is 6.40. The van der Waals surface area contributed by atoms with Crippen LogP contribution in [0, 0.1) is 11.3 Å². The SMILES string of the molecule is CCCc1cc(Nc2ccc(OC)cc2)n2c(nc3ccccc32)c1C#N. The van der Waals surface area contributed by atoms with Crippen LogP contribution in [-0.4, -0.2) is 16.5 Å². The van der Waals surface area contributed by atoms with Crippen molar-refractivity contribution < 1.29 is 4.74 Å². The molecule has 0 aliphatic carbocycles. The Hall–Kier alpha value is -3.52. The Morgan fingerprint density at radius 3 is 2.63 bits per heavy atom. The molecular formula is C22H20N4O. The lowest BCUT2D eigenvalue weighted by molar-refractivity contribution is 0.415. The van der Waals surface area contributed by atoms with Gasteiger partial charge in [0.2, 0.25) is 0 Å². The molecule has 0 spiro atoms. The van der Waals surface area contributed by atoms with Crippen molar-refractivity contribution >= 4 is 28.2 Å². The molecule has 2 aromatic heterocycles. The fourth-order valence-corrected chi connectivity index (χ4v) is 3.39. The summed E-state index contributed by atoms with van der Waals surface area (Å²) in [4.78, 5) is 4.74. The second kappa shape index (κ2) is 7.00. The lowest BCUT2D eigenvalue weighted by Gasteiger charge is -2.14. The van der Waals surface area contributed by atoms with Crippen LogP contribution in [0.25, 0.3) is 16.7 Å². The van der Waals surface area contributed by atoms with Crippen LogP contribution < -0.4 is 10.1 Å². The van der Waals surface area contributed by atoms with Gasteiger partial charge in [-0.05, 0) is 54.4 Å². The Labute approximate surface area is 157 Å². The molecule has 0 fully saturated rings. The first-order valence-electron chi connectivity index (χ1n) is 8.99. The van der Waals surface area contributed by atoms with Crippen LogP contribution in [0.5, 0.6) is 5.75 Å². The standard InChI is InChI=1S/C22H20N4O/c1-3-6-15-13-21(24-16-9-11-17(27-2)12-10-16)26-20-8-5-4-7-19(20)25-22(26)18(15)14-23/h4-5,7-13,24H,3,6H2,1-2H3. The molecule has 2 heterocycles. The minimum absolute atomic E-state index is 0.647. The largest absolute Gasteiger partial charge is 0.497 e. The Kier molecular flexibility index (Phi) is 4.39. The summed E-state index contributed by atoms with van der Waals surface area (Å²) in [6.07, 6.45) is 1.80. The van der Waals surface area contributed by atoms with E-state index in [1.807, 2.05) is 52.9 Å². The molecule has 2 aromatic carbocycles. The Morgan fingerprint density at radius 1 is 1.15 bits per heavy atom. The Bertz CT molecular complexity index is 1150. The number of nitriles is 1. The van der Waals surface area contributed by atoms with Crippen molar-refractivity contribution in [2.24, 2.45) is 0 Å². The molecule has 5 heteroatoms. The highest BCUT2D eigenvalue weighted by atomic mass is 16.5. The van der Waals surface area contributed by atoms with E-state index in [4.69, 9.17) is 9.72 Å². The van der Waals surface area contributed by atoms with Gasteiger partial charge in [-0.2, -0.15) is 5.26 Å². The Morgan fingerprint density at radius 2 is 1.93 bits per heavy atom. The average molecular weight is 356 g/mol. The predicted molar refractivity (Wildman–Crippen MR) is 108 cm³/mol. The number of hydrogen-bond acceptors (Lipinski definition) is 4. The number of anilines is 2. The van der Waals surface area contributed by atoms with E-state index in [2.05, 4.69) is 24.4 Å². The first-order valence-corrected chi connectivity index (χ1v) is 8.99. The molecule has 4 aromatic rings. The molecule has 134 valence electrons. The molecule has 0 saturated heterocycles. The van der Waals surface area contributed by atoms with E-state index in [0.717, 1.165) is 46.7 Å².